The molecule has 2 aromatic rings. The second kappa shape index (κ2) is 9.55. The molecule has 1 aliphatic heterocycles. The summed E-state index contributed by atoms with van der Waals surface area (Å²) in [4.78, 5) is 37.6. The monoisotopic (exact) mass is 425 g/mol. The Labute approximate surface area is 179 Å². The van der Waals surface area contributed by atoms with Crippen molar-refractivity contribution < 1.29 is 29.0 Å². The minimum Gasteiger partial charge on any atom is -0.507 e. The number of carboxylic acids is 1. The van der Waals surface area contributed by atoms with Crippen LogP contribution < -0.4 is 0 Å². The Balaban J connectivity index is 1.99. The number of aliphatic hydroxyl groups is 1. The van der Waals surface area contributed by atoms with E-state index in [4.69, 9.17) is 5.11 Å². The fourth-order valence-corrected chi connectivity index (χ4v) is 3.73. The van der Waals surface area contributed by atoms with Crippen LogP contribution in [0.1, 0.15) is 48.4 Å². The van der Waals surface area contributed by atoms with Crippen molar-refractivity contribution in [2.24, 2.45) is 0 Å². The first kappa shape index (κ1) is 22.2. The molecule has 2 N–H and O–H groups in total. The van der Waals surface area contributed by atoms with Crippen LogP contribution in [0.4, 0.5) is 4.39 Å². The Morgan fingerprint density at radius 3 is 2.32 bits per heavy atom. The van der Waals surface area contributed by atoms with Gasteiger partial charge in [-0.05, 0) is 25.8 Å². The van der Waals surface area contributed by atoms with Crippen LogP contribution in [-0.2, 0) is 14.4 Å². The third-order valence-corrected chi connectivity index (χ3v) is 5.35. The molecule has 0 bridgehead atoms. The Bertz CT molecular complexity index is 1030. The maximum Gasteiger partial charge on any atom is 0.303 e. The zero-order valence-corrected chi connectivity index (χ0v) is 17.2. The fraction of sp³-hybridized carbons (Fsp3) is 0.292. The van der Waals surface area contributed by atoms with Crippen molar-refractivity contribution >= 4 is 23.4 Å². The lowest BCUT2D eigenvalue weighted by molar-refractivity contribution is -0.140. The van der Waals surface area contributed by atoms with Crippen LogP contribution in [0.2, 0.25) is 0 Å². The number of aliphatic hydroxyl groups excluding tert-OH is 1. The molecule has 0 aliphatic carbocycles. The normalized spacial score (nSPS) is 17.9. The van der Waals surface area contributed by atoms with E-state index in [9.17, 15) is 23.9 Å². The van der Waals surface area contributed by atoms with Gasteiger partial charge in [0.2, 0.25) is 0 Å². The summed E-state index contributed by atoms with van der Waals surface area (Å²) in [7, 11) is 0. The number of amides is 1. The van der Waals surface area contributed by atoms with Gasteiger partial charge in [-0.2, -0.15) is 0 Å². The zero-order chi connectivity index (χ0) is 22.5. The van der Waals surface area contributed by atoms with E-state index in [2.05, 4.69) is 0 Å². The maximum absolute atomic E-state index is 14.7. The van der Waals surface area contributed by atoms with Gasteiger partial charge in [-0.3, -0.25) is 14.4 Å². The van der Waals surface area contributed by atoms with Gasteiger partial charge in [0.05, 0.1) is 11.6 Å². The molecule has 1 aliphatic rings. The molecule has 1 unspecified atom stereocenters. The number of Topliss-reactive ketones (excluding diaryl/α,β-unsaturated/α-hetero) is 1. The summed E-state index contributed by atoms with van der Waals surface area (Å²) in [6.07, 6.45) is 1.45. The molecule has 1 heterocycles. The van der Waals surface area contributed by atoms with Gasteiger partial charge in [-0.25, -0.2) is 4.39 Å². The quantitative estimate of drug-likeness (QED) is 0.286. The molecule has 0 radical (unpaired) electrons. The lowest BCUT2D eigenvalue weighted by Gasteiger charge is -2.25. The van der Waals surface area contributed by atoms with Gasteiger partial charge in [0.25, 0.3) is 11.7 Å². The first-order valence-electron chi connectivity index (χ1n) is 10.1. The molecule has 3 rings (SSSR count). The standard InChI is InChI=1S/C24H24FNO5/c1-15-10-12-16(13-11-15)22(29)20-21(17-7-4-5-8-18(17)25)26(24(31)23(20)30)14-6-2-3-9-19(27)28/h4-5,7-8,10-13,21,29H,2-3,6,9,14H2,1H3,(H,27,28). The van der Waals surface area contributed by atoms with Gasteiger partial charge < -0.3 is 15.1 Å². The molecule has 1 atom stereocenters. The molecular weight excluding hydrogens is 401 g/mol. The number of aryl methyl sites for hydroxylation is 1. The number of carbonyl (C=O) groups excluding carboxylic acids is 2. The highest BCUT2D eigenvalue weighted by atomic mass is 19.1. The number of rotatable bonds is 8. The highest BCUT2D eigenvalue weighted by Crippen LogP contribution is 2.40. The Morgan fingerprint density at radius 1 is 1.00 bits per heavy atom. The van der Waals surface area contributed by atoms with E-state index in [-0.39, 0.29) is 29.9 Å². The molecule has 2 aromatic carbocycles. The highest BCUT2D eigenvalue weighted by molar-refractivity contribution is 6.46. The number of likely N-dealkylation sites (tertiary alicyclic amines) is 1. The molecule has 162 valence electrons. The Hall–Kier alpha value is -3.48. The van der Waals surface area contributed by atoms with E-state index in [0.29, 0.717) is 24.8 Å². The van der Waals surface area contributed by atoms with Crippen LogP contribution in [0.3, 0.4) is 0 Å². The van der Waals surface area contributed by atoms with Crippen LogP contribution >= 0.6 is 0 Å². The zero-order valence-electron chi connectivity index (χ0n) is 17.2. The number of aliphatic carboxylic acids is 1. The number of nitrogens with zero attached hydrogens (tertiary/aromatic N) is 1. The molecule has 1 saturated heterocycles. The van der Waals surface area contributed by atoms with Crippen molar-refractivity contribution in [1.29, 1.82) is 0 Å². The number of ketones is 1. The van der Waals surface area contributed by atoms with Crippen LogP contribution in [0.25, 0.3) is 5.76 Å². The second-order valence-electron chi connectivity index (χ2n) is 7.58. The second-order valence-corrected chi connectivity index (χ2v) is 7.58. The van der Waals surface area contributed by atoms with Crippen molar-refractivity contribution in [1.82, 2.24) is 4.90 Å². The van der Waals surface area contributed by atoms with E-state index < -0.39 is 29.5 Å². The summed E-state index contributed by atoms with van der Waals surface area (Å²) >= 11 is 0. The smallest absolute Gasteiger partial charge is 0.303 e. The summed E-state index contributed by atoms with van der Waals surface area (Å²) in [5.74, 6) is -3.50. The van der Waals surface area contributed by atoms with E-state index in [1.54, 1.807) is 30.3 Å². The topological polar surface area (TPSA) is 94.9 Å². The Kier molecular flexibility index (Phi) is 6.84. The molecule has 6 nitrogen and oxygen atoms in total. The number of benzene rings is 2. The van der Waals surface area contributed by atoms with Crippen LogP contribution in [-0.4, -0.2) is 39.3 Å². The van der Waals surface area contributed by atoms with Crippen molar-refractivity contribution in [3.63, 3.8) is 0 Å². The van der Waals surface area contributed by atoms with Crippen LogP contribution in [0.5, 0.6) is 0 Å². The van der Waals surface area contributed by atoms with Gasteiger partial charge in [0.1, 0.15) is 11.6 Å². The molecular formula is C24H24FNO5. The number of hydrogen-bond donors (Lipinski definition) is 2. The molecule has 1 fully saturated rings. The molecule has 31 heavy (non-hydrogen) atoms. The number of unbranched alkanes of at least 4 members (excludes halogenated alkanes) is 2. The average molecular weight is 425 g/mol. The van der Waals surface area contributed by atoms with Crippen molar-refractivity contribution in [2.75, 3.05) is 6.54 Å². The van der Waals surface area contributed by atoms with Crippen molar-refractivity contribution in [2.45, 2.75) is 38.6 Å². The minimum atomic E-state index is -1.05. The largest absolute Gasteiger partial charge is 0.507 e. The lowest BCUT2D eigenvalue weighted by atomic mass is 9.94. The third-order valence-electron chi connectivity index (χ3n) is 5.35. The summed E-state index contributed by atoms with van der Waals surface area (Å²) in [6.45, 7) is 2.03. The molecule has 1 amide bonds. The maximum atomic E-state index is 14.7. The van der Waals surface area contributed by atoms with E-state index in [0.717, 1.165) is 5.56 Å². The summed E-state index contributed by atoms with van der Waals surface area (Å²) < 4.78 is 14.7. The van der Waals surface area contributed by atoms with Crippen molar-refractivity contribution in [3.8, 4) is 0 Å². The summed E-state index contributed by atoms with van der Waals surface area (Å²) in [5, 5.41) is 19.7. The SMILES string of the molecule is Cc1ccc(C(O)=C2C(=O)C(=O)N(CCCCCC(=O)O)C2c2ccccc2F)cc1. The van der Waals surface area contributed by atoms with E-state index in [1.165, 1.54) is 23.1 Å². The summed E-state index contributed by atoms with van der Waals surface area (Å²) in [6, 6.07) is 11.6. The van der Waals surface area contributed by atoms with Gasteiger partial charge in [0.15, 0.2) is 0 Å². The first-order chi connectivity index (χ1) is 14.8. The molecule has 0 saturated carbocycles. The van der Waals surface area contributed by atoms with Gasteiger partial charge in [0, 0.05) is 24.1 Å². The Morgan fingerprint density at radius 2 is 1.68 bits per heavy atom. The third kappa shape index (κ3) is 4.82. The van der Waals surface area contributed by atoms with Crippen LogP contribution in [0.15, 0.2) is 54.1 Å². The summed E-state index contributed by atoms with van der Waals surface area (Å²) in [5.41, 5.74) is 1.31. The molecule has 0 aromatic heterocycles. The van der Waals surface area contributed by atoms with Crippen molar-refractivity contribution in [3.05, 3.63) is 76.6 Å². The van der Waals surface area contributed by atoms with Crippen LogP contribution in [0, 0.1) is 12.7 Å². The van der Waals surface area contributed by atoms with E-state index in [1.807, 2.05) is 6.92 Å². The molecule has 0 spiro atoms. The van der Waals surface area contributed by atoms with E-state index >= 15 is 0 Å². The average Bonchev–Trinajstić information content (AvgIpc) is 2.98. The molecule has 7 heteroatoms. The number of carboxylic acid groups (broad SMARTS) is 1. The first-order valence-corrected chi connectivity index (χ1v) is 10.1. The number of hydrogen-bond acceptors (Lipinski definition) is 4. The number of halogens is 1. The predicted molar refractivity (Wildman–Crippen MR) is 113 cm³/mol. The predicted octanol–water partition coefficient (Wildman–Crippen LogP) is 4.20. The van der Waals surface area contributed by atoms with Gasteiger partial charge in [-0.15, -0.1) is 0 Å². The fourth-order valence-electron chi connectivity index (χ4n) is 3.73. The highest BCUT2D eigenvalue weighted by Gasteiger charge is 2.46. The van der Waals surface area contributed by atoms with Gasteiger partial charge >= 0.3 is 5.97 Å². The van der Waals surface area contributed by atoms with Gasteiger partial charge in [-0.1, -0.05) is 54.4 Å². The number of carbonyl (C=O) groups is 3. The minimum absolute atomic E-state index is 0.0168. The lowest BCUT2D eigenvalue weighted by Crippen LogP contribution is -2.31.